The Bertz CT molecular complexity index is 550. The van der Waals surface area contributed by atoms with Crippen molar-refractivity contribution in [1.29, 1.82) is 0 Å². The third kappa shape index (κ3) is 4.97. The summed E-state index contributed by atoms with van der Waals surface area (Å²) in [4.78, 5) is 33.6. The third-order valence-electron chi connectivity index (χ3n) is 2.46. The molecular weight excluding hydrogens is 398 g/mol. The summed E-state index contributed by atoms with van der Waals surface area (Å²) in [6.45, 7) is 0. The first-order chi connectivity index (χ1) is 9.31. The van der Waals surface area contributed by atoms with Gasteiger partial charge in [-0.3, -0.25) is 9.59 Å². The van der Waals surface area contributed by atoms with Crippen LogP contribution in [-0.2, 0) is 9.59 Å². The first-order valence-electron chi connectivity index (χ1n) is 5.58. The number of halogens is 2. The first kappa shape index (κ1) is 16.7. The Labute approximate surface area is 133 Å². The second-order valence-corrected chi connectivity index (χ2v) is 5.57. The topological polar surface area (TPSA) is 109 Å². The molecule has 0 aliphatic heterocycles. The SMILES string of the molecule is NC(=O)CCC(NC(=O)c1ccc(I)c(Cl)c1)C(=O)O. The van der Waals surface area contributed by atoms with Crippen LogP contribution in [0.1, 0.15) is 23.2 Å². The number of hydrogen-bond acceptors (Lipinski definition) is 3. The van der Waals surface area contributed by atoms with Gasteiger partial charge in [-0.1, -0.05) is 11.6 Å². The minimum atomic E-state index is -1.23. The minimum Gasteiger partial charge on any atom is -0.480 e. The lowest BCUT2D eigenvalue weighted by atomic mass is 10.1. The van der Waals surface area contributed by atoms with Gasteiger partial charge in [-0.25, -0.2) is 4.79 Å². The van der Waals surface area contributed by atoms with E-state index in [9.17, 15) is 14.4 Å². The molecule has 0 heterocycles. The Hall–Kier alpha value is -1.35. The lowest BCUT2D eigenvalue weighted by Crippen LogP contribution is -2.41. The van der Waals surface area contributed by atoms with E-state index in [2.05, 4.69) is 5.32 Å². The van der Waals surface area contributed by atoms with Crippen LogP contribution in [0.2, 0.25) is 5.02 Å². The number of nitrogens with one attached hydrogen (secondary N) is 1. The van der Waals surface area contributed by atoms with Gasteiger partial charge in [0.25, 0.3) is 5.91 Å². The summed E-state index contributed by atoms with van der Waals surface area (Å²) in [6, 6.07) is 3.46. The molecule has 4 N–H and O–H groups in total. The fraction of sp³-hybridized carbons (Fsp3) is 0.250. The monoisotopic (exact) mass is 410 g/mol. The molecule has 1 aromatic rings. The Kier molecular flexibility index (Phi) is 6.21. The van der Waals surface area contributed by atoms with Crippen LogP contribution in [0.3, 0.4) is 0 Å². The van der Waals surface area contributed by atoms with Crippen molar-refractivity contribution in [2.45, 2.75) is 18.9 Å². The standard InChI is InChI=1S/C12H12ClIN2O4/c13-7-5-6(1-2-8(7)14)11(18)16-9(12(19)20)3-4-10(15)17/h1-2,5,9H,3-4H2,(H2,15,17)(H,16,18)(H,19,20). The van der Waals surface area contributed by atoms with Crippen LogP contribution in [0.15, 0.2) is 18.2 Å². The van der Waals surface area contributed by atoms with Gasteiger partial charge < -0.3 is 16.2 Å². The van der Waals surface area contributed by atoms with Crippen LogP contribution in [0.4, 0.5) is 0 Å². The summed E-state index contributed by atoms with van der Waals surface area (Å²) in [5, 5.41) is 11.7. The molecule has 0 saturated heterocycles. The highest BCUT2D eigenvalue weighted by Gasteiger charge is 2.21. The maximum Gasteiger partial charge on any atom is 0.326 e. The molecule has 1 atom stereocenters. The lowest BCUT2D eigenvalue weighted by Gasteiger charge is -2.14. The molecule has 0 aliphatic rings. The quantitative estimate of drug-likeness (QED) is 0.616. The molecule has 8 heteroatoms. The normalized spacial score (nSPS) is 11.7. The predicted octanol–water partition coefficient (Wildman–Crippen LogP) is 1.39. The predicted molar refractivity (Wildman–Crippen MR) is 81.5 cm³/mol. The van der Waals surface area contributed by atoms with E-state index >= 15 is 0 Å². The van der Waals surface area contributed by atoms with E-state index < -0.39 is 23.8 Å². The van der Waals surface area contributed by atoms with Crippen molar-refractivity contribution in [3.8, 4) is 0 Å². The van der Waals surface area contributed by atoms with Gasteiger partial charge in [0.05, 0.1) is 5.02 Å². The van der Waals surface area contributed by atoms with Crippen LogP contribution in [0.5, 0.6) is 0 Å². The van der Waals surface area contributed by atoms with E-state index in [0.717, 1.165) is 3.57 Å². The summed E-state index contributed by atoms with van der Waals surface area (Å²) in [7, 11) is 0. The van der Waals surface area contributed by atoms with E-state index in [0.29, 0.717) is 5.02 Å². The zero-order chi connectivity index (χ0) is 15.3. The number of rotatable bonds is 6. The number of hydrogen-bond donors (Lipinski definition) is 3. The molecule has 0 spiro atoms. The van der Waals surface area contributed by atoms with E-state index in [1.165, 1.54) is 12.1 Å². The Morgan fingerprint density at radius 3 is 2.55 bits per heavy atom. The van der Waals surface area contributed by atoms with Crippen LogP contribution >= 0.6 is 34.2 Å². The molecule has 1 aromatic carbocycles. The van der Waals surface area contributed by atoms with E-state index in [1.54, 1.807) is 6.07 Å². The molecule has 0 saturated carbocycles. The number of nitrogens with two attached hydrogens (primary N) is 1. The van der Waals surface area contributed by atoms with Gasteiger partial charge in [-0.15, -0.1) is 0 Å². The molecule has 1 unspecified atom stereocenters. The molecular formula is C12H12ClIN2O4. The maximum atomic E-state index is 11.9. The van der Waals surface area contributed by atoms with E-state index in [1.807, 2.05) is 22.6 Å². The Balaban J connectivity index is 2.77. The van der Waals surface area contributed by atoms with Crippen molar-refractivity contribution in [1.82, 2.24) is 5.32 Å². The molecule has 6 nitrogen and oxygen atoms in total. The van der Waals surface area contributed by atoms with Crippen LogP contribution in [0, 0.1) is 3.57 Å². The smallest absolute Gasteiger partial charge is 0.326 e. The van der Waals surface area contributed by atoms with Gasteiger partial charge in [0, 0.05) is 15.6 Å². The maximum absolute atomic E-state index is 11.9. The van der Waals surface area contributed by atoms with Crippen LogP contribution in [0.25, 0.3) is 0 Å². The summed E-state index contributed by atoms with van der Waals surface area (Å²) < 4.78 is 0.782. The number of aliphatic carboxylic acids is 1. The number of carbonyl (C=O) groups is 3. The Morgan fingerprint density at radius 2 is 2.05 bits per heavy atom. The first-order valence-corrected chi connectivity index (χ1v) is 7.04. The summed E-state index contributed by atoms with van der Waals surface area (Å²) >= 11 is 7.91. The zero-order valence-electron chi connectivity index (χ0n) is 10.2. The molecule has 0 aliphatic carbocycles. The lowest BCUT2D eigenvalue weighted by molar-refractivity contribution is -0.139. The summed E-state index contributed by atoms with van der Waals surface area (Å²) in [5.41, 5.74) is 5.21. The Morgan fingerprint density at radius 1 is 1.40 bits per heavy atom. The van der Waals surface area contributed by atoms with Crippen LogP contribution < -0.4 is 11.1 Å². The molecule has 20 heavy (non-hydrogen) atoms. The minimum absolute atomic E-state index is 0.0610. The summed E-state index contributed by atoms with van der Waals surface area (Å²) in [5.74, 6) is -2.42. The van der Waals surface area contributed by atoms with Crippen LogP contribution in [-0.4, -0.2) is 28.9 Å². The second kappa shape index (κ2) is 7.44. The molecule has 0 radical (unpaired) electrons. The number of carboxylic acid groups (broad SMARTS) is 1. The molecule has 2 amide bonds. The molecule has 108 valence electrons. The van der Waals surface area contributed by atoms with Gasteiger partial charge in [-0.2, -0.15) is 0 Å². The van der Waals surface area contributed by atoms with Crippen molar-refractivity contribution in [2.24, 2.45) is 5.73 Å². The van der Waals surface area contributed by atoms with Gasteiger partial charge in [0.2, 0.25) is 5.91 Å². The summed E-state index contributed by atoms with van der Waals surface area (Å²) in [6.07, 6.45) is -0.181. The highest BCUT2D eigenvalue weighted by atomic mass is 127. The van der Waals surface area contributed by atoms with Crippen molar-refractivity contribution in [2.75, 3.05) is 0 Å². The second-order valence-electron chi connectivity index (χ2n) is 4.00. The number of primary amides is 1. The zero-order valence-corrected chi connectivity index (χ0v) is 13.1. The van der Waals surface area contributed by atoms with Gasteiger partial charge in [-0.05, 0) is 47.2 Å². The van der Waals surface area contributed by atoms with Gasteiger partial charge in [0.15, 0.2) is 0 Å². The molecule has 1 rings (SSSR count). The third-order valence-corrected chi connectivity index (χ3v) is 4.04. The number of benzene rings is 1. The largest absolute Gasteiger partial charge is 0.480 e. The van der Waals surface area contributed by atoms with Gasteiger partial charge in [0.1, 0.15) is 6.04 Å². The molecule has 0 bridgehead atoms. The average molecular weight is 411 g/mol. The van der Waals surface area contributed by atoms with E-state index in [-0.39, 0.29) is 18.4 Å². The fourth-order valence-corrected chi connectivity index (χ4v) is 1.94. The van der Waals surface area contributed by atoms with Crippen molar-refractivity contribution < 1.29 is 19.5 Å². The molecule has 0 fully saturated rings. The average Bonchev–Trinajstić information content (AvgIpc) is 2.36. The number of carboxylic acids is 1. The number of amides is 2. The highest BCUT2D eigenvalue weighted by molar-refractivity contribution is 14.1. The van der Waals surface area contributed by atoms with Crippen molar-refractivity contribution in [3.05, 3.63) is 32.4 Å². The fourth-order valence-electron chi connectivity index (χ4n) is 1.42. The van der Waals surface area contributed by atoms with E-state index in [4.69, 9.17) is 22.4 Å². The van der Waals surface area contributed by atoms with Gasteiger partial charge >= 0.3 is 5.97 Å². The highest BCUT2D eigenvalue weighted by Crippen LogP contribution is 2.19. The molecule has 0 aromatic heterocycles. The van der Waals surface area contributed by atoms with Crippen molar-refractivity contribution in [3.63, 3.8) is 0 Å². The number of carbonyl (C=O) groups excluding carboxylic acids is 2. The van der Waals surface area contributed by atoms with Crippen molar-refractivity contribution >= 4 is 52.0 Å².